The summed E-state index contributed by atoms with van der Waals surface area (Å²) in [6.45, 7) is 2.22. The first kappa shape index (κ1) is 22.6. The lowest BCUT2D eigenvalue weighted by Crippen LogP contribution is -2.39. The van der Waals surface area contributed by atoms with Crippen molar-refractivity contribution in [2.45, 2.75) is 25.4 Å². The number of nitrogens with two attached hydrogens (primary N) is 1. The summed E-state index contributed by atoms with van der Waals surface area (Å²) in [6, 6.07) is 11.2. The van der Waals surface area contributed by atoms with Crippen molar-refractivity contribution in [3.63, 3.8) is 0 Å². The van der Waals surface area contributed by atoms with Crippen LogP contribution in [0, 0.1) is 6.07 Å². The van der Waals surface area contributed by atoms with Crippen LogP contribution in [0.3, 0.4) is 0 Å². The lowest BCUT2D eigenvalue weighted by molar-refractivity contribution is -0.123. The molecule has 1 radical (unpaired) electrons. The topological polar surface area (TPSA) is 116 Å². The van der Waals surface area contributed by atoms with Gasteiger partial charge in [0, 0.05) is 6.26 Å². The molecule has 3 rings (SSSR count). The van der Waals surface area contributed by atoms with Gasteiger partial charge in [0.1, 0.15) is 15.9 Å². The summed E-state index contributed by atoms with van der Waals surface area (Å²) in [7, 11) is -1.82. The van der Waals surface area contributed by atoms with Gasteiger partial charge in [-0.1, -0.05) is 24.3 Å². The molecule has 0 saturated heterocycles. The van der Waals surface area contributed by atoms with Crippen molar-refractivity contribution in [1.82, 2.24) is 4.90 Å². The van der Waals surface area contributed by atoms with E-state index >= 15 is 0 Å². The van der Waals surface area contributed by atoms with E-state index in [1.54, 1.807) is 36.4 Å². The average molecular weight is 446 g/mol. The number of carbonyl (C=O) groups excluding carboxylic acids is 2. The van der Waals surface area contributed by atoms with E-state index < -0.39 is 33.7 Å². The van der Waals surface area contributed by atoms with Crippen LogP contribution in [-0.4, -0.2) is 50.9 Å². The van der Waals surface area contributed by atoms with Gasteiger partial charge < -0.3 is 20.1 Å². The molecule has 2 aromatic rings. The van der Waals surface area contributed by atoms with Gasteiger partial charge >= 0.3 is 0 Å². The molecule has 1 aliphatic rings. The van der Waals surface area contributed by atoms with Crippen molar-refractivity contribution < 1.29 is 27.5 Å². The molecule has 0 bridgehead atoms. The van der Waals surface area contributed by atoms with Gasteiger partial charge in [0.2, 0.25) is 5.91 Å². The highest BCUT2D eigenvalue weighted by atomic mass is 32.2. The zero-order chi connectivity index (χ0) is 22.8. The van der Waals surface area contributed by atoms with Gasteiger partial charge in [-0.15, -0.1) is 0 Å². The number of nitrogens with zero attached hydrogens (tertiary/aromatic N) is 1. The van der Waals surface area contributed by atoms with Gasteiger partial charge in [-0.25, -0.2) is 8.42 Å². The number of benzene rings is 2. The third kappa shape index (κ3) is 4.66. The number of primary amides is 1. The molecule has 0 aliphatic carbocycles. The third-order valence-corrected chi connectivity index (χ3v) is 6.13. The zero-order valence-corrected chi connectivity index (χ0v) is 18.4. The van der Waals surface area contributed by atoms with E-state index in [1.165, 1.54) is 12.0 Å². The summed E-state index contributed by atoms with van der Waals surface area (Å²) in [5.41, 5.74) is 7.01. The first-order valence-corrected chi connectivity index (χ1v) is 11.8. The van der Waals surface area contributed by atoms with Crippen LogP contribution in [0.2, 0.25) is 0 Å². The molecule has 1 aliphatic heterocycles. The number of hydrogen-bond acceptors (Lipinski definition) is 6. The van der Waals surface area contributed by atoms with Gasteiger partial charge in [-0.05, 0) is 42.7 Å². The molecule has 2 unspecified atom stereocenters. The highest BCUT2D eigenvalue weighted by molar-refractivity contribution is 7.90. The lowest BCUT2D eigenvalue weighted by Gasteiger charge is -2.33. The van der Waals surface area contributed by atoms with Crippen LogP contribution in [-0.2, 0) is 14.6 Å². The summed E-state index contributed by atoms with van der Waals surface area (Å²) in [4.78, 5) is 27.0. The van der Waals surface area contributed by atoms with Crippen molar-refractivity contribution in [2.24, 2.45) is 5.73 Å². The fourth-order valence-electron chi connectivity index (χ4n) is 3.83. The van der Waals surface area contributed by atoms with E-state index in [-0.39, 0.29) is 17.7 Å². The Labute approximate surface area is 181 Å². The number of hydrogen-bond donors (Lipinski definition) is 1. The van der Waals surface area contributed by atoms with Crippen LogP contribution in [0.5, 0.6) is 11.5 Å². The van der Waals surface area contributed by atoms with Crippen molar-refractivity contribution >= 4 is 21.7 Å². The molecule has 9 heteroatoms. The number of sulfone groups is 1. The summed E-state index contributed by atoms with van der Waals surface area (Å²) >= 11 is 0. The monoisotopic (exact) mass is 445 g/mol. The minimum absolute atomic E-state index is 0.0836. The summed E-state index contributed by atoms with van der Waals surface area (Å²) < 4.78 is 34.8. The minimum Gasteiger partial charge on any atom is -0.493 e. The molecule has 0 saturated carbocycles. The second-order valence-electron chi connectivity index (χ2n) is 7.30. The van der Waals surface area contributed by atoms with E-state index in [4.69, 9.17) is 15.2 Å². The van der Waals surface area contributed by atoms with Crippen molar-refractivity contribution in [3.05, 3.63) is 59.2 Å². The fraction of sp³-hybridized carbons (Fsp3) is 0.364. The molecule has 0 aromatic heterocycles. The fourth-order valence-corrected chi connectivity index (χ4v) is 4.48. The number of rotatable bonds is 9. The van der Waals surface area contributed by atoms with Crippen LogP contribution >= 0.6 is 0 Å². The normalized spacial score (nSPS) is 16.7. The SMILES string of the molecule is CCOc1cc(C(CCS(C)(=O)=O)N2C(=O)c3[c]cccc3C2C(N)=O)ccc1OC. The van der Waals surface area contributed by atoms with Gasteiger partial charge in [0.05, 0.1) is 31.1 Å². The largest absolute Gasteiger partial charge is 0.493 e. The Kier molecular flexibility index (Phi) is 6.54. The van der Waals surface area contributed by atoms with Crippen molar-refractivity contribution in [3.8, 4) is 11.5 Å². The maximum atomic E-state index is 13.3. The number of amides is 2. The van der Waals surface area contributed by atoms with Crippen LogP contribution in [0.4, 0.5) is 0 Å². The Hall–Kier alpha value is -3.07. The molecular formula is C22H25N2O6S. The predicted molar refractivity (Wildman–Crippen MR) is 115 cm³/mol. The zero-order valence-electron chi connectivity index (χ0n) is 17.6. The van der Waals surface area contributed by atoms with Crippen LogP contribution in [0.25, 0.3) is 0 Å². The second-order valence-corrected chi connectivity index (χ2v) is 9.56. The summed E-state index contributed by atoms with van der Waals surface area (Å²) in [5, 5.41) is 0. The van der Waals surface area contributed by atoms with Crippen LogP contribution < -0.4 is 15.2 Å². The molecule has 31 heavy (non-hydrogen) atoms. The predicted octanol–water partition coefficient (Wildman–Crippen LogP) is 2.05. The molecule has 1 heterocycles. The smallest absolute Gasteiger partial charge is 0.256 e. The second kappa shape index (κ2) is 8.97. The van der Waals surface area contributed by atoms with E-state index in [0.29, 0.717) is 29.2 Å². The van der Waals surface area contributed by atoms with Gasteiger partial charge in [0.15, 0.2) is 11.5 Å². The molecule has 2 N–H and O–H groups in total. The standard InChI is InChI=1S/C22H25N2O6S/c1-4-30-19-13-14(9-10-18(19)29-2)17(11-12-31(3,27)28)24-20(21(23)25)15-7-5-6-8-16(15)22(24)26/h5-7,9-10,13,17,20H,4,11-12H2,1-3H3,(H2,23,25). The maximum Gasteiger partial charge on any atom is 0.256 e. The number of carbonyl (C=O) groups is 2. The van der Waals surface area contributed by atoms with Crippen molar-refractivity contribution in [2.75, 3.05) is 25.7 Å². The molecule has 0 fully saturated rings. The Bertz CT molecular complexity index is 1100. The Morgan fingerprint density at radius 3 is 2.65 bits per heavy atom. The molecule has 0 spiro atoms. The Balaban J connectivity index is 2.12. The van der Waals surface area contributed by atoms with Crippen molar-refractivity contribution in [1.29, 1.82) is 0 Å². The Morgan fingerprint density at radius 1 is 1.29 bits per heavy atom. The molecule has 8 nitrogen and oxygen atoms in total. The molecule has 2 aromatic carbocycles. The minimum atomic E-state index is -3.33. The molecular weight excluding hydrogens is 420 g/mol. The summed E-state index contributed by atoms with van der Waals surface area (Å²) in [6.07, 6.45) is 1.21. The van der Waals surface area contributed by atoms with Crippen LogP contribution in [0.15, 0.2) is 36.4 Å². The maximum absolute atomic E-state index is 13.3. The lowest BCUT2D eigenvalue weighted by atomic mass is 9.99. The van der Waals surface area contributed by atoms with E-state index in [9.17, 15) is 18.0 Å². The third-order valence-electron chi connectivity index (χ3n) is 5.15. The molecule has 165 valence electrons. The molecule has 2 atom stereocenters. The van der Waals surface area contributed by atoms with Crippen LogP contribution in [0.1, 0.15) is 46.9 Å². The quantitative estimate of drug-likeness (QED) is 0.632. The number of ether oxygens (including phenoxy) is 2. The average Bonchev–Trinajstić information content (AvgIpc) is 3.01. The van der Waals surface area contributed by atoms with Gasteiger partial charge in [-0.3, -0.25) is 9.59 Å². The van der Waals surface area contributed by atoms with E-state index in [1.807, 2.05) is 6.92 Å². The summed E-state index contributed by atoms with van der Waals surface area (Å²) in [5.74, 6) is -0.342. The Morgan fingerprint density at radius 2 is 2.03 bits per heavy atom. The van der Waals surface area contributed by atoms with E-state index in [0.717, 1.165) is 6.26 Å². The van der Waals surface area contributed by atoms with Gasteiger partial charge in [0.25, 0.3) is 5.91 Å². The number of fused-ring (bicyclic) bond motifs is 1. The highest BCUT2D eigenvalue weighted by Gasteiger charge is 2.44. The first-order valence-electron chi connectivity index (χ1n) is 9.79. The first-order chi connectivity index (χ1) is 14.7. The highest BCUT2D eigenvalue weighted by Crippen LogP contribution is 2.42. The van der Waals surface area contributed by atoms with Gasteiger partial charge in [-0.2, -0.15) is 0 Å². The number of methoxy groups -OCH3 is 1. The van der Waals surface area contributed by atoms with E-state index in [2.05, 4.69) is 6.07 Å². The molecule has 2 amide bonds.